The van der Waals surface area contributed by atoms with Crippen LogP contribution in [0.15, 0.2) is 0 Å². The molecule has 2 aliphatic rings. The normalized spacial score (nSPS) is 32.8. The molecule has 2 N–H and O–H groups in total. The lowest BCUT2D eigenvalue weighted by Gasteiger charge is -2.37. The molecule has 2 rings (SSSR count). The van der Waals surface area contributed by atoms with Crippen molar-refractivity contribution in [3.8, 4) is 0 Å². The molecule has 1 aliphatic heterocycles. The van der Waals surface area contributed by atoms with Gasteiger partial charge >= 0.3 is 0 Å². The van der Waals surface area contributed by atoms with Gasteiger partial charge in [-0.15, -0.1) is 0 Å². The van der Waals surface area contributed by atoms with Crippen LogP contribution in [-0.2, 0) is 0 Å². The molecular formula is C13H25NO. The molecule has 0 aromatic heterocycles. The van der Waals surface area contributed by atoms with Crippen LogP contribution in [0.4, 0.5) is 0 Å². The Morgan fingerprint density at radius 2 is 1.93 bits per heavy atom. The van der Waals surface area contributed by atoms with Crippen molar-refractivity contribution in [1.82, 2.24) is 5.32 Å². The molecule has 0 spiro atoms. The maximum Gasteiger partial charge on any atom is 0.0662 e. The lowest BCUT2D eigenvalue weighted by Crippen LogP contribution is -2.45. The summed E-state index contributed by atoms with van der Waals surface area (Å²) in [5.74, 6) is 1.27. The monoisotopic (exact) mass is 211 g/mol. The Labute approximate surface area is 93.5 Å². The van der Waals surface area contributed by atoms with Gasteiger partial charge in [-0.05, 0) is 44.6 Å². The van der Waals surface area contributed by atoms with Gasteiger partial charge < -0.3 is 10.4 Å². The van der Waals surface area contributed by atoms with Crippen LogP contribution in [0.2, 0.25) is 0 Å². The molecule has 0 amide bonds. The van der Waals surface area contributed by atoms with Crippen LogP contribution in [0.5, 0.6) is 0 Å². The number of aliphatic hydroxyl groups is 1. The average molecular weight is 211 g/mol. The van der Waals surface area contributed by atoms with Gasteiger partial charge in [0.2, 0.25) is 0 Å². The highest BCUT2D eigenvalue weighted by molar-refractivity contribution is 4.88. The fourth-order valence-electron chi connectivity index (χ4n) is 3.35. The van der Waals surface area contributed by atoms with E-state index in [1.165, 1.54) is 38.5 Å². The van der Waals surface area contributed by atoms with Gasteiger partial charge in [-0.3, -0.25) is 0 Å². The van der Waals surface area contributed by atoms with Crippen LogP contribution in [0.3, 0.4) is 0 Å². The molecule has 1 saturated heterocycles. The predicted molar refractivity (Wildman–Crippen MR) is 62.8 cm³/mol. The topological polar surface area (TPSA) is 32.3 Å². The average Bonchev–Trinajstić information content (AvgIpc) is 2.71. The highest BCUT2D eigenvalue weighted by atomic mass is 16.3. The standard InChI is InChI=1S/C13H25NO/c1-13(15,9-11-5-2-3-6-11)12-7-4-8-14-10-12/h11-12,14-15H,2-10H2,1H3. The molecule has 88 valence electrons. The highest BCUT2D eigenvalue weighted by Gasteiger charge is 2.35. The van der Waals surface area contributed by atoms with Crippen molar-refractivity contribution in [3.63, 3.8) is 0 Å². The maximum atomic E-state index is 10.6. The Kier molecular flexibility index (Phi) is 3.68. The minimum Gasteiger partial charge on any atom is -0.390 e. The summed E-state index contributed by atoms with van der Waals surface area (Å²) in [6, 6.07) is 0. The maximum absolute atomic E-state index is 10.6. The Morgan fingerprint density at radius 1 is 1.20 bits per heavy atom. The summed E-state index contributed by atoms with van der Waals surface area (Å²) in [6.45, 7) is 4.21. The van der Waals surface area contributed by atoms with Gasteiger partial charge in [-0.2, -0.15) is 0 Å². The second-order valence-electron chi connectivity index (χ2n) is 5.76. The van der Waals surface area contributed by atoms with E-state index in [9.17, 15) is 5.11 Å². The summed E-state index contributed by atoms with van der Waals surface area (Å²) in [5.41, 5.74) is -0.428. The van der Waals surface area contributed by atoms with Crippen LogP contribution in [0.1, 0.15) is 51.9 Å². The molecule has 1 heterocycles. The van der Waals surface area contributed by atoms with Crippen molar-refractivity contribution < 1.29 is 5.11 Å². The third-order valence-corrected chi connectivity index (χ3v) is 4.35. The zero-order valence-corrected chi connectivity index (χ0v) is 9.97. The predicted octanol–water partition coefficient (Wildman–Crippen LogP) is 2.32. The first-order valence-corrected chi connectivity index (χ1v) is 6.61. The third-order valence-electron chi connectivity index (χ3n) is 4.35. The summed E-state index contributed by atoms with van der Waals surface area (Å²) in [7, 11) is 0. The van der Waals surface area contributed by atoms with Gasteiger partial charge in [0.15, 0.2) is 0 Å². The van der Waals surface area contributed by atoms with Crippen molar-refractivity contribution in [1.29, 1.82) is 0 Å². The van der Waals surface area contributed by atoms with E-state index in [2.05, 4.69) is 12.2 Å². The van der Waals surface area contributed by atoms with E-state index in [1.807, 2.05) is 0 Å². The summed E-state index contributed by atoms with van der Waals surface area (Å²) in [6.07, 6.45) is 8.90. The zero-order chi connectivity index (χ0) is 10.7. The largest absolute Gasteiger partial charge is 0.390 e. The van der Waals surface area contributed by atoms with E-state index in [1.54, 1.807) is 0 Å². The smallest absolute Gasteiger partial charge is 0.0662 e. The van der Waals surface area contributed by atoms with Crippen molar-refractivity contribution in [3.05, 3.63) is 0 Å². The highest BCUT2D eigenvalue weighted by Crippen LogP contribution is 2.36. The third kappa shape index (κ3) is 2.94. The minimum absolute atomic E-state index is 0.428. The van der Waals surface area contributed by atoms with Gasteiger partial charge in [-0.1, -0.05) is 25.7 Å². The van der Waals surface area contributed by atoms with Crippen LogP contribution >= 0.6 is 0 Å². The summed E-state index contributed by atoms with van der Waals surface area (Å²) >= 11 is 0. The molecule has 15 heavy (non-hydrogen) atoms. The Morgan fingerprint density at radius 3 is 2.53 bits per heavy atom. The van der Waals surface area contributed by atoms with Crippen molar-refractivity contribution in [2.75, 3.05) is 13.1 Å². The molecular weight excluding hydrogens is 186 g/mol. The first-order valence-electron chi connectivity index (χ1n) is 6.61. The van der Waals surface area contributed by atoms with Crippen molar-refractivity contribution in [2.24, 2.45) is 11.8 Å². The number of nitrogens with one attached hydrogen (secondary N) is 1. The molecule has 1 saturated carbocycles. The summed E-state index contributed by atoms with van der Waals surface area (Å²) in [5, 5.41) is 14.0. The number of piperidine rings is 1. The molecule has 0 bridgehead atoms. The van der Waals surface area contributed by atoms with Gasteiger partial charge in [0.25, 0.3) is 0 Å². The molecule has 2 fully saturated rings. The molecule has 0 aromatic rings. The van der Waals surface area contributed by atoms with Gasteiger partial charge in [0.1, 0.15) is 0 Å². The van der Waals surface area contributed by atoms with E-state index < -0.39 is 5.60 Å². The van der Waals surface area contributed by atoms with Crippen molar-refractivity contribution in [2.45, 2.75) is 57.5 Å². The Hall–Kier alpha value is -0.0800. The molecule has 2 unspecified atom stereocenters. The molecule has 0 aromatic carbocycles. The second-order valence-corrected chi connectivity index (χ2v) is 5.76. The number of hydrogen-bond acceptors (Lipinski definition) is 2. The van der Waals surface area contributed by atoms with E-state index >= 15 is 0 Å². The molecule has 2 atom stereocenters. The first-order chi connectivity index (χ1) is 7.18. The zero-order valence-electron chi connectivity index (χ0n) is 9.97. The van der Waals surface area contributed by atoms with E-state index in [0.717, 1.165) is 25.4 Å². The quantitative estimate of drug-likeness (QED) is 0.751. The van der Waals surface area contributed by atoms with Crippen LogP contribution < -0.4 is 5.32 Å². The van der Waals surface area contributed by atoms with Gasteiger partial charge in [-0.25, -0.2) is 0 Å². The molecule has 2 heteroatoms. The molecule has 1 aliphatic carbocycles. The fourth-order valence-corrected chi connectivity index (χ4v) is 3.35. The fraction of sp³-hybridized carbons (Fsp3) is 1.00. The SMILES string of the molecule is CC(O)(CC1CCCC1)C1CCCNC1. The van der Waals surface area contributed by atoms with E-state index in [4.69, 9.17) is 0 Å². The van der Waals surface area contributed by atoms with Gasteiger partial charge in [0, 0.05) is 6.54 Å². The van der Waals surface area contributed by atoms with Crippen LogP contribution in [0.25, 0.3) is 0 Å². The number of hydrogen-bond donors (Lipinski definition) is 2. The second kappa shape index (κ2) is 4.84. The summed E-state index contributed by atoms with van der Waals surface area (Å²) < 4.78 is 0. The van der Waals surface area contributed by atoms with E-state index in [-0.39, 0.29) is 0 Å². The number of rotatable bonds is 3. The Balaban J connectivity index is 1.86. The Bertz CT molecular complexity index is 191. The van der Waals surface area contributed by atoms with Crippen molar-refractivity contribution >= 4 is 0 Å². The molecule has 2 nitrogen and oxygen atoms in total. The van der Waals surface area contributed by atoms with E-state index in [0.29, 0.717) is 5.92 Å². The van der Waals surface area contributed by atoms with Gasteiger partial charge in [0.05, 0.1) is 5.60 Å². The first kappa shape index (κ1) is 11.4. The molecule has 0 radical (unpaired) electrons. The minimum atomic E-state index is -0.428. The summed E-state index contributed by atoms with van der Waals surface area (Å²) in [4.78, 5) is 0. The lowest BCUT2D eigenvalue weighted by atomic mass is 9.77. The van der Waals surface area contributed by atoms with Crippen LogP contribution in [-0.4, -0.2) is 23.8 Å². The lowest BCUT2D eigenvalue weighted by molar-refractivity contribution is -0.0301. The van der Waals surface area contributed by atoms with Crippen LogP contribution in [0, 0.1) is 11.8 Å².